The van der Waals surface area contributed by atoms with Gasteiger partial charge in [-0.1, -0.05) is 39.3 Å². The van der Waals surface area contributed by atoms with Crippen LogP contribution in [0.3, 0.4) is 0 Å². The monoisotopic (exact) mass is 276 g/mol. The van der Waals surface area contributed by atoms with Crippen molar-refractivity contribution < 1.29 is 9.84 Å². The number of unbranched alkanes of at least 4 members (excludes halogenated alkanes) is 1. The summed E-state index contributed by atoms with van der Waals surface area (Å²) in [7, 11) is 0. The molecule has 2 atom stereocenters. The van der Waals surface area contributed by atoms with Gasteiger partial charge in [0.1, 0.15) is 11.9 Å². The van der Waals surface area contributed by atoms with Gasteiger partial charge in [-0.05, 0) is 43.4 Å². The zero-order valence-electron chi connectivity index (χ0n) is 13.1. The second-order valence-corrected chi connectivity index (χ2v) is 6.05. The minimum atomic E-state index is -0.202. The van der Waals surface area contributed by atoms with E-state index in [4.69, 9.17) is 4.74 Å². The van der Waals surface area contributed by atoms with Crippen molar-refractivity contribution >= 4 is 0 Å². The van der Waals surface area contributed by atoms with Crippen LogP contribution in [0.1, 0.15) is 58.4 Å². The summed E-state index contributed by atoms with van der Waals surface area (Å²) in [6.45, 7) is 6.51. The van der Waals surface area contributed by atoms with Gasteiger partial charge in [-0.25, -0.2) is 0 Å². The molecule has 1 aliphatic rings. The molecular formula is C18H28O2. The van der Waals surface area contributed by atoms with Crippen molar-refractivity contribution in [1.82, 2.24) is 0 Å². The molecule has 1 aromatic carbocycles. The molecule has 0 bridgehead atoms. The fourth-order valence-electron chi connectivity index (χ4n) is 3.35. The fourth-order valence-corrected chi connectivity index (χ4v) is 3.35. The summed E-state index contributed by atoms with van der Waals surface area (Å²) >= 11 is 0. The van der Waals surface area contributed by atoms with Crippen molar-refractivity contribution in [2.45, 2.75) is 71.5 Å². The molecule has 2 heteroatoms. The number of aliphatic hydroxyl groups excluding tert-OH is 1. The first-order valence-corrected chi connectivity index (χ1v) is 8.10. The number of hydrogen-bond acceptors (Lipinski definition) is 2. The van der Waals surface area contributed by atoms with Crippen LogP contribution in [0, 0.1) is 5.41 Å². The summed E-state index contributed by atoms with van der Waals surface area (Å²) in [5, 5.41) is 10.1. The summed E-state index contributed by atoms with van der Waals surface area (Å²) in [5.41, 5.74) is 1.34. The van der Waals surface area contributed by atoms with Gasteiger partial charge < -0.3 is 9.84 Å². The number of ether oxygens (including phenoxy) is 1. The van der Waals surface area contributed by atoms with Crippen LogP contribution in [0.15, 0.2) is 24.3 Å². The highest BCUT2D eigenvalue weighted by Gasteiger charge is 2.53. The quantitative estimate of drug-likeness (QED) is 0.802. The molecule has 0 heterocycles. The molecule has 0 radical (unpaired) electrons. The molecule has 0 saturated heterocycles. The van der Waals surface area contributed by atoms with Gasteiger partial charge in [0.2, 0.25) is 0 Å². The Hall–Kier alpha value is -1.02. The van der Waals surface area contributed by atoms with Gasteiger partial charge in [0.25, 0.3) is 0 Å². The van der Waals surface area contributed by atoms with E-state index in [0.717, 1.165) is 31.4 Å². The normalized spacial score (nSPS) is 24.2. The van der Waals surface area contributed by atoms with Crippen LogP contribution in [0.2, 0.25) is 0 Å². The van der Waals surface area contributed by atoms with E-state index in [2.05, 4.69) is 45.0 Å². The third kappa shape index (κ3) is 2.85. The zero-order valence-corrected chi connectivity index (χ0v) is 13.1. The van der Waals surface area contributed by atoms with E-state index in [1.54, 1.807) is 0 Å². The lowest BCUT2D eigenvalue weighted by molar-refractivity contribution is -0.159. The van der Waals surface area contributed by atoms with Crippen LogP contribution in [0.4, 0.5) is 0 Å². The van der Waals surface area contributed by atoms with E-state index >= 15 is 0 Å². The third-order valence-electron chi connectivity index (χ3n) is 5.08. The van der Waals surface area contributed by atoms with Crippen molar-refractivity contribution in [1.29, 1.82) is 0 Å². The minimum absolute atomic E-state index is 0.0408. The average Bonchev–Trinajstić information content (AvgIpc) is 2.47. The van der Waals surface area contributed by atoms with Gasteiger partial charge in [0.05, 0.1) is 6.10 Å². The molecule has 20 heavy (non-hydrogen) atoms. The number of aryl methyl sites for hydroxylation is 1. The van der Waals surface area contributed by atoms with Gasteiger partial charge >= 0.3 is 0 Å². The summed E-state index contributed by atoms with van der Waals surface area (Å²) in [6.07, 6.45) is 6.29. The van der Waals surface area contributed by atoms with Gasteiger partial charge in [-0.3, -0.25) is 0 Å². The van der Waals surface area contributed by atoms with Crippen LogP contribution >= 0.6 is 0 Å². The third-order valence-corrected chi connectivity index (χ3v) is 5.08. The minimum Gasteiger partial charge on any atom is -0.490 e. The molecule has 0 aliphatic heterocycles. The maximum atomic E-state index is 10.1. The lowest BCUT2D eigenvalue weighted by Crippen LogP contribution is -2.59. The second-order valence-electron chi connectivity index (χ2n) is 6.05. The first kappa shape index (κ1) is 15.4. The molecule has 1 saturated carbocycles. The summed E-state index contributed by atoms with van der Waals surface area (Å²) in [6, 6.07) is 8.48. The molecule has 1 N–H and O–H groups in total. The summed E-state index contributed by atoms with van der Waals surface area (Å²) < 4.78 is 6.12. The molecule has 112 valence electrons. The van der Waals surface area contributed by atoms with Crippen LogP contribution < -0.4 is 4.74 Å². The second kappa shape index (κ2) is 6.62. The number of aliphatic hydroxyl groups is 1. The van der Waals surface area contributed by atoms with Gasteiger partial charge in [-0.15, -0.1) is 0 Å². The Labute approximate surface area is 123 Å². The van der Waals surface area contributed by atoms with E-state index in [-0.39, 0.29) is 17.6 Å². The predicted molar refractivity (Wildman–Crippen MR) is 83.1 cm³/mol. The topological polar surface area (TPSA) is 29.5 Å². The van der Waals surface area contributed by atoms with Crippen molar-refractivity contribution in [2.24, 2.45) is 5.41 Å². The molecule has 1 aromatic rings. The largest absolute Gasteiger partial charge is 0.490 e. The fraction of sp³-hybridized carbons (Fsp3) is 0.667. The highest BCUT2D eigenvalue weighted by molar-refractivity contribution is 5.28. The zero-order chi connectivity index (χ0) is 14.6. The Balaban J connectivity index is 1.97. The van der Waals surface area contributed by atoms with Crippen molar-refractivity contribution in [3.8, 4) is 5.75 Å². The Bertz CT molecular complexity index is 406. The number of hydrogen-bond donors (Lipinski definition) is 1. The van der Waals surface area contributed by atoms with Crippen molar-refractivity contribution in [3.05, 3.63) is 29.8 Å². The Morgan fingerprint density at radius 2 is 1.80 bits per heavy atom. The highest BCUT2D eigenvalue weighted by atomic mass is 16.5. The van der Waals surface area contributed by atoms with Crippen LogP contribution in [-0.4, -0.2) is 17.3 Å². The highest BCUT2D eigenvalue weighted by Crippen LogP contribution is 2.48. The molecule has 0 aromatic heterocycles. The molecule has 2 unspecified atom stereocenters. The Kier molecular flexibility index (Phi) is 5.09. The van der Waals surface area contributed by atoms with Gasteiger partial charge in [0.15, 0.2) is 0 Å². The SMILES string of the molecule is CCCCc1ccc(OC2CC(O)C2(CC)CC)cc1. The summed E-state index contributed by atoms with van der Waals surface area (Å²) in [5.74, 6) is 0.938. The molecule has 2 nitrogen and oxygen atoms in total. The molecule has 0 spiro atoms. The average molecular weight is 276 g/mol. The van der Waals surface area contributed by atoms with E-state index < -0.39 is 0 Å². The van der Waals surface area contributed by atoms with Gasteiger partial charge in [0, 0.05) is 11.8 Å². The van der Waals surface area contributed by atoms with Crippen LogP contribution in [-0.2, 0) is 6.42 Å². The molecule has 0 amide bonds. The van der Waals surface area contributed by atoms with Crippen molar-refractivity contribution in [2.75, 3.05) is 0 Å². The van der Waals surface area contributed by atoms with E-state index in [1.807, 2.05) is 0 Å². The van der Waals surface area contributed by atoms with E-state index in [0.29, 0.717) is 0 Å². The predicted octanol–water partition coefficient (Wildman–Crippen LogP) is 4.35. The van der Waals surface area contributed by atoms with Crippen LogP contribution in [0.25, 0.3) is 0 Å². The van der Waals surface area contributed by atoms with E-state index in [9.17, 15) is 5.11 Å². The molecular weight excluding hydrogens is 248 g/mol. The maximum Gasteiger partial charge on any atom is 0.119 e. The molecule has 2 rings (SSSR count). The lowest BCUT2D eigenvalue weighted by Gasteiger charge is -2.52. The maximum absolute atomic E-state index is 10.1. The smallest absolute Gasteiger partial charge is 0.119 e. The first-order chi connectivity index (χ1) is 9.66. The molecule has 1 aliphatic carbocycles. The molecule has 1 fully saturated rings. The first-order valence-electron chi connectivity index (χ1n) is 8.10. The van der Waals surface area contributed by atoms with Gasteiger partial charge in [-0.2, -0.15) is 0 Å². The Morgan fingerprint density at radius 3 is 2.30 bits per heavy atom. The lowest BCUT2D eigenvalue weighted by atomic mass is 9.60. The van der Waals surface area contributed by atoms with Crippen LogP contribution in [0.5, 0.6) is 5.75 Å². The standard InChI is InChI=1S/C18H28O2/c1-4-7-8-14-9-11-15(12-10-14)20-17-13-16(19)18(17,5-2)6-3/h9-12,16-17,19H,4-8,13H2,1-3H3. The van der Waals surface area contributed by atoms with Crippen molar-refractivity contribution in [3.63, 3.8) is 0 Å². The summed E-state index contributed by atoms with van der Waals surface area (Å²) in [4.78, 5) is 0. The number of benzene rings is 1. The Morgan fingerprint density at radius 1 is 1.15 bits per heavy atom. The number of rotatable bonds is 7. The van der Waals surface area contributed by atoms with E-state index in [1.165, 1.54) is 18.4 Å².